The van der Waals surface area contributed by atoms with Crippen molar-refractivity contribution in [1.82, 2.24) is 0 Å². The van der Waals surface area contributed by atoms with Crippen molar-refractivity contribution in [2.75, 3.05) is 0 Å². The van der Waals surface area contributed by atoms with Crippen LogP contribution in [-0.2, 0) is 12.8 Å². The molecule has 0 atom stereocenters. The van der Waals surface area contributed by atoms with E-state index in [-0.39, 0.29) is 0 Å². The topological polar surface area (TPSA) is 23.8 Å². The van der Waals surface area contributed by atoms with Gasteiger partial charge in [-0.2, -0.15) is 5.26 Å². The maximum absolute atomic E-state index is 8.80. The van der Waals surface area contributed by atoms with Crippen LogP contribution in [0.15, 0.2) is 24.3 Å². The standard InChI is InChI=1S/C15H19N/c16-11-10-14-8-4-5-9-15(14)12-13-6-2-1-3-7-13/h4-5,8-9,13H,1-3,6-7,10,12H2. The van der Waals surface area contributed by atoms with Crippen molar-refractivity contribution < 1.29 is 0 Å². The van der Waals surface area contributed by atoms with Crippen molar-refractivity contribution in [2.45, 2.75) is 44.9 Å². The Morgan fingerprint density at radius 2 is 1.75 bits per heavy atom. The predicted molar refractivity (Wildman–Crippen MR) is 66.0 cm³/mol. The molecule has 0 aromatic heterocycles. The van der Waals surface area contributed by atoms with Gasteiger partial charge < -0.3 is 0 Å². The molecule has 1 aromatic carbocycles. The lowest BCUT2D eigenvalue weighted by Gasteiger charge is -2.22. The van der Waals surface area contributed by atoms with Crippen LogP contribution in [0.5, 0.6) is 0 Å². The minimum absolute atomic E-state index is 0.558. The van der Waals surface area contributed by atoms with E-state index in [1.54, 1.807) is 0 Å². The zero-order valence-electron chi connectivity index (χ0n) is 9.78. The Bertz CT molecular complexity index is 369. The maximum atomic E-state index is 8.80. The highest BCUT2D eigenvalue weighted by Gasteiger charge is 2.15. The molecule has 0 unspecified atom stereocenters. The Morgan fingerprint density at radius 1 is 1.06 bits per heavy atom. The average molecular weight is 213 g/mol. The summed E-state index contributed by atoms with van der Waals surface area (Å²) < 4.78 is 0. The SMILES string of the molecule is N#CCc1ccccc1CC1CCCCC1. The third-order valence-corrected chi connectivity index (χ3v) is 3.62. The van der Waals surface area contributed by atoms with Gasteiger partial charge in [0, 0.05) is 0 Å². The van der Waals surface area contributed by atoms with Crippen molar-refractivity contribution in [3.63, 3.8) is 0 Å². The van der Waals surface area contributed by atoms with E-state index in [9.17, 15) is 0 Å². The Balaban J connectivity index is 2.05. The molecule has 16 heavy (non-hydrogen) atoms. The van der Waals surface area contributed by atoms with Crippen LogP contribution in [0.2, 0.25) is 0 Å². The lowest BCUT2D eigenvalue weighted by atomic mass is 9.83. The quantitative estimate of drug-likeness (QED) is 0.747. The lowest BCUT2D eigenvalue weighted by molar-refractivity contribution is 0.356. The second-order valence-corrected chi connectivity index (χ2v) is 4.81. The Morgan fingerprint density at radius 3 is 2.44 bits per heavy atom. The van der Waals surface area contributed by atoms with Crippen LogP contribution >= 0.6 is 0 Å². The van der Waals surface area contributed by atoms with Crippen LogP contribution in [0.3, 0.4) is 0 Å². The van der Waals surface area contributed by atoms with Gasteiger partial charge in [-0.25, -0.2) is 0 Å². The lowest BCUT2D eigenvalue weighted by Crippen LogP contribution is -2.10. The van der Waals surface area contributed by atoms with Crippen molar-refractivity contribution >= 4 is 0 Å². The van der Waals surface area contributed by atoms with E-state index < -0.39 is 0 Å². The van der Waals surface area contributed by atoms with Crippen LogP contribution in [-0.4, -0.2) is 0 Å². The number of hydrogen-bond donors (Lipinski definition) is 0. The van der Waals surface area contributed by atoms with Gasteiger partial charge in [0.2, 0.25) is 0 Å². The van der Waals surface area contributed by atoms with Crippen molar-refractivity contribution in [1.29, 1.82) is 5.26 Å². The Hall–Kier alpha value is -1.29. The number of benzene rings is 1. The van der Waals surface area contributed by atoms with Gasteiger partial charge in [0.05, 0.1) is 12.5 Å². The van der Waals surface area contributed by atoms with Gasteiger partial charge in [-0.05, 0) is 23.5 Å². The number of hydrogen-bond acceptors (Lipinski definition) is 1. The van der Waals surface area contributed by atoms with E-state index in [1.165, 1.54) is 49.7 Å². The van der Waals surface area contributed by atoms with Gasteiger partial charge in [-0.15, -0.1) is 0 Å². The van der Waals surface area contributed by atoms with E-state index in [0.29, 0.717) is 6.42 Å². The summed E-state index contributed by atoms with van der Waals surface area (Å²) in [5.74, 6) is 0.855. The molecule has 0 spiro atoms. The van der Waals surface area contributed by atoms with Gasteiger partial charge in [-0.1, -0.05) is 56.4 Å². The van der Waals surface area contributed by atoms with Gasteiger partial charge in [0.15, 0.2) is 0 Å². The van der Waals surface area contributed by atoms with Gasteiger partial charge in [-0.3, -0.25) is 0 Å². The molecule has 1 aliphatic rings. The molecule has 0 heterocycles. The maximum Gasteiger partial charge on any atom is 0.0669 e. The zero-order valence-corrected chi connectivity index (χ0v) is 9.78. The van der Waals surface area contributed by atoms with Crippen molar-refractivity contribution in [2.24, 2.45) is 5.92 Å². The fraction of sp³-hybridized carbons (Fsp3) is 0.533. The van der Waals surface area contributed by atoms with Crippen LogP contribution in [0.25, 0.3) is 0 Å². The normalized spacial score (nSPS) is 16.9. The Labute approximate surface area is 98.1 Å². The molecular formula is C15H19N. The summed E-state index contributed by atoms with van der Waals surface area (Å²) in [7, 11) is 0. The molecule has 2 rings (SSSR count). The van der Waals surface area contributed by atoms with Gasteiger partial charge in [0.25, 0.3) is 0 Å². The molecule has 1 fully saturated rings. The van der Waals surface area contributed by atoms with Crippen molar-refractivity contribution in [3.05, 3.63) is 35.4 Å². The first-order chi connectivity index (χ1) is 7.90. The minimum Gasteiger partial charge on any atom is -0.198 e. The first kappa shape index (κ1) is 11.2. The second kappa shape index (κ2) is 5.70. The summed E-state index contributed by atoms with van der Waals surface area (Å²) in [4.78, 5) is 0. The number of nitrogens with zero attached hydrogens (tertiary/aromatic N) is 1. The largest absolute Gasteiger partial charge is 0.198 e. The summed E-state index contributed by atoms with van der Waals surface area (Å²) in [6.07, 6.45) is 8.69. The third kappa shape index (κ3) is 2.85. The summed E-state index contributed by atoms with van der Waals surface area (Å²) in [6.45, 7) is 0. The van der Waals surface area contributed by atoms with Crippen LogP contribution in [0.1, 0.15) is 43.2 Å². The third-order valence-electron chi connectivity index (χ3n) is 3.62. The zero-order chi connectivity index (χ0) is 11.2. The number of rotatable bonds is 3. The average Bonchev–Trinajstić information content (AvgIpc) is 2.33. The van der Waals surface area contributed by atoms with Crippen LogP contribution in [0.4, 0.5) is 0 Å². The predicted octanol–water partition coefficient (Wildman–Crippen LogP) is 3.88. The summed E-state index contributed by atoms with van der Waals surface area (Å²) in [5.41, 5.74) is 2.63. The first-order valence-electron chi connectivity index (χ1n) is 6.34. The second-order valence-electron chi connectivity index (χ2n) is 4.81. The molecule has 1 nitrogen and oxygen atoms in total. The minimum atomic E-state index is 0.558. The van der Waals surface area contributed by atoms with Crippen molar-refractivity contribution in [3.8, 4) is 6.07 Å². The monoisotopic (exact) mass is 213 g/mol. The molecule has 0 amide bonds. The molecule has 1 aromatic rings. The highest BCUT2D eigenvalue weighted by atomic mass is 14.2. The fourth-order valence-electron chi connectivity index (χ4n) is 2.72. The summed E-state index contributed by atoms with van der Waals surface area (Å²) >= 11 is 0. The molecule has 0 bridgehead atoms. The van der Waals surface area contributed by atoms with Gasteiger partial charge >= 0.3 is 0 Å². The molecule has 84 valence electrons. The van der Waals surface area contributed by atoms with E-state index in [4.69, 9.17) is 5.26 Å². The molecule has 0 aliphatic heterocycles. The van der Waals surface area contributed by atoms with Crippen LogP contribution in [0, 0.1) is 17.2 Å². The molecule has 0 radical (unpaired) electrons. The molecule has 0 N–H and O–H groups in total. The van der Waals surface area contributed by atoms with Crippen LogP contribution < -0.4 is 0 Å². The van der Waals surface area contributed by atoms with Gasteiger partial charge in [0.1, 0.15) is 0 Å². The highest BCUT2D eigenvalue weighted by molar-refractivity contribution is 5.29. The fourth-order valence-corrected chi connectivity index (χ4v) is 2.72. The molecule has 1 aliphatic carbocycles. The first-order valence-corrected chi connectivity index (χ1v) is 6.34. The Kier molecular flexibility index (Phi) is 3.99. The van der Waals surface area contributed by atoms with E-state index in [0.717, 1.165) is 5.92 Å². The molecule has 1 heteroatoms. The van der Waals surface area contributed by atoms with E-state index >= 15 is 0 Å². The molecular weight excluding hydrogens is 194 g/mol. The van der Waals surface area contributed by atoms with E-state index in [1.807, 2.05) is 6.07 Å². The summed E-state index contributed by atoms with van der Waals surface area (Å²) in [5, 5.41) is 8.80. The van der Waals surface area contributed by atoms with E-state index in [2.05, 4.69) is 24.3 Å². The molecule has 1 saturated carbocycles. The highest BCUT2D eigenvalue weighted by Crippen LogP contribution is 2.27. The molecule has 0 saturated heterocycles. The summed E-state index contributed by atoms with van der Waals surface area (Å²) in [6, 6.07) is 10.7. The smallest absolute Gasteiger partial charge is 0.0669 e. The number of nitriles is 1.